The Morgan fingerprint density at radius 1 is 0.640 bits per heavy atom. The molecule has 0 aromatic heterocycles. The van der Waals surface area contributed by atoms with Crippen molar-refractivity contribution in [1.29, 1.82) is 0 Å². The second kappa shape index (κ2) is 5.01. The van der Waals surface area contributed by atoms with Crippen LogP contribution in [0.4, 0.5) is 0 Å². The summed E-state index contributed by atoms with van der Waals surface area (Å²) in [5, 5.41) is 3.42. The van der Waals surface area contributed by atoms with Crippen molar-refractivity contribution < 1.29 is 14.4 Å². The zero-order valence-corrected chi connectivity index (χ0v) is 13.7. The lowest BCUT2D eigenvalue weighted by molar-refractivity contribution is -0.130. The van der Waals surface area contributed by atoms with Crippen LogP contribution in [-0.4, -0.2) is 17.3 Å². The molecule has 0 saturated heterocycles. The lowest BCUT2D eigenvalue weighted by Gasteiger charge is -2.15. The minimum atomic E-state index is -0.958. The zero-order chi connectivity index (χ0) is 17.1. The maximum absolute atomic E-state index is 12.1. The number of benzene rings is 3. The predicted octanol–water partition coefficient (Wildman–Crippen LogP) is 2.25. The Morgan fingerprint density at radius 2 is 1.40 bits per heavy atom. The fourth-order valence-corrected chi connectivity index (χ4v) is 4.46. The molecule has 0 saturated carbocycles. The molecule has 3 aromatic carbocycles. The summed E-state index contributed by atoms with van der Waals surface area (Å²) in [6.07, 6.45) is 3.42. The van der Waals surface area contributed by atoms with Crippen LogP contribution in [0.1, 0.15) is 15.9 Å². The summed E-state index contributed by atoms with van der Waals surface area (Å²) in [5.74, 6) is -2.42. The summed E-state index contributed by atoms with van der Waals surface area (Å²) in [6.45, 7) is 0. The average Bonchev–Trinajstić information content (AvgIpc) is 2.64. The van der Waals surface area contributed by atoms with E-state index in [1.807, 2.05) is 30.3 Å². The lowest BCUT2D eigenvalue weighted by Crippen LogP contribution is -2.34. The first-order valence-electron chi connectivity index (χ1n) is 7.82. The monoisotopic (exact) mass is 342 g/mol. The summed E-state index contributed by atoms with van der Waals surface area (Å²) in [7, 11) is 0. The van der Waals surface area contributed by atoms with Crippen molar-refractivity contribution in [3.8, 4) is 0 Å². The molecule has 118 valence electrons. The van der Waals surface area contributed by atoms with E-state index in [0.717, 1.165) is 26.5 Å². The third-order valence-electron chi connectivity index (χ3n) is 4.63. The van der Waals surface area contributed by atoms with Gasteiger partial charge in [0.2, 0.25) is 11.6 Å². The van der Waals surface area contributed by atoms with E-state index in [9.17, 15) is 14.4 Å². The van der Waals surface area contributed by atoms with Crippen molar-refractivity contribution >= 4 is 52.0 Å². The van der Waals surface area contributed by atoms with Gasteiger partial charge in [0.1, 0.15) is 0 Å². The fourth-order valence-electron chi connectivity index (χ4n) is 3.42. The molecule has 3 aromatic rings. The van der Waals surface area contributed by atoms with Crippen LogP contribution >= 0.6 is 11.8 Å². The molecule has 25 heavy (non-hydrogen) atoms. The molecule has 0 spiro atoms. The van der Waals surface area contributed by atoms with Gasteiger partial charge in [-0.3, -0.25) is 14.4 Å². The summed E-state index contributed by atoms with van der Waals surface area (Å²) in [6, 6.07) is 15.6. The Hall–Kier alpha value is -2.98. The highest BCUT2D eigenvalue weighted by molar-refractivity contribution is 7.99. The number of Topliss-reactive ketones (excluding diaryl/α,β-unsaturated/α-hetero) is 3. The minimum absolute atomic E-state index is 0.306. The normalized spacial score (nSPS) is 15.1. The molecule has 0 unspecified atom stereocenters. The van der Waals surface area contributed by atoms with Gasteiger partial charge in [-0.25, -0.2) is 0 Å². The van der Waals surface area contributed by atoms with Gasteiger partial charge >= 0.3 is 0 Å². The molecule has 0 fully saturated rings. The number of ketones is 3. The van der Waals surface area contributed by atoms with Gasteiger partial charge in [0.05, 0.1) is 0 Å². The van der Waals surface area contributed by atoms with Gasteiger partial charge in [0.15, 0.2) is 0 Å². The van der Waals surface area contributed by atoms with Crippen LogP contribution in [0.5, 0.6) is 0 Å². The lowest BCUT2D eigenvalue weighted by atomic mass is 9.91. The number of fused-ring (bicyclic) bond motifs is 6. The van der Waals surface area contributed by atoms with Crippen molar-refractivity contribution in [3.63, 3.8) is 0 Å². The smallest absolute Gasteiger partial charge is 0.273 e. The maximum atomic E-state index is 12.1. The van der Waals surface area contributed by atoms with Crippen molar-refractivity contribution in [1.82, 2.24) is 0 Å². The number of carbonyl (C=O) groups is 3. The van der Waals surface area contributed by atoms with Gasteiger partial charge in [-0.05, 0) is 57.1 Å². The van der Waals surface area contributed by atoms with Crippen molar-refractivity contribution in [2.75, 3.05) is 0 Å². The summed E-state index contributed by atoms with van der Waals surface area (Å²) in [4.78, 5) is 37.9. The molecule has 0 amide bonds. The van der Waals surface area contributed by atoms with Crippen LogP contribution < -0.4 is 10.4 Å². The molecule has 0 N–H and O–H groups in total. The largest absolute Gasteiger partial charge is 0.285 e. The van der Waals surface area contributed by atoms with Crippen molar-refractivity contribution in [2.24, 2.45) is 0 Å². The van der Waals surface area contributed by atoms with E-state index in [0.29, 0.717) is 10.8 Å². The minimum Gasteiger partial charge on any atom is -0.285 e. The number of carbonyl (C=O) groups excluding carboxylic acids is 3. The number of hydrogen-bond acceptors (Lipinski definition) is 4. The van der Waals surface area contributed by atoms with E-state index < -0.39 is 17.3 Å². The summed E-state index contributed by atoms with van der Waals surface area (Å²) in [5.41, 5.74) is 1.46. The van der Waals surface area contributed by atoms with Gasteiger partial charge in [-0.15, -0.1) is 0 Å². The van der Waals surface area contributed by atoms with Gasteiger partial charge < -0.3 is 0 Å². The maximum Gasteiger partial charge on any atom is 0.273 e. The standard InChI is InChI=1S/C21H10O3S/c22-17-10-15-12-7-8-19-16(9-11-3-1-2-4-18(11)25-19)13(12)5-6-14(15)20(23)21(17)24/h1-10H. The van der Waals surface area contributed by atoms with Gasteiger partial charge in [-0.1, -0.05) is 42.1 Å². The van der Waals surface area contributed by atoms with Crippen molar-refractivity contribution in [2.45, 2.75) is 9.79 Å². The third kappa shape index (κ3) is 1.98. The van der Waals surface area contributed by atoms with E-state index in [4.69, 9.17) is 0 Å². The number of rotatable bonds is 0. The summed E-state index contributed by atoms with van der Waals surface area (Å²) >= 11 is 1.71. The van der Waals surface area contributed by atoms with Gasteiger partial charge in [0.25, 0.3) is 5.78 Å². The number of hydrogen-bond donors (Lipinski definition) is 0. The van der Waals surface area contributed by atoms with Crippen molar-refractivity contribution in [3.05, 3.63) is 70.1 Å². The molecular formula is C21H10O3S. The molecule has 4 heteroatoms. The van der Waals surface area contributed by atoms with Crippen LogP contribution in [0.25, 0.3) is 22.9 Å². The van der Waals surface area contributed by atoms with E-state index in [2.05, 4.69) is 18.2 Å². The third-order valence-corrected chi connectivity index (χ3v) is 5.80. The second-order valence-electron chi connectivity index (χ2n) is 6.05. The predicted molar refractivity (Wildman–Crippen MR) is 96.1 cm³/mol. The molecule has 5 rings (SSSR count). The average molecular weight is 342 g/mol. The Labute approximate surface area is 146 Å². The quantitative estimate of drug-likeness (QED) is 0.460. The van der Waals surface area contributed by atoms with Crippen LogP contribution in [0.15, 0.2) is 58.3 Å². The van der Waals surface area contributed by atoms with E-state index in [-0.39, 0.29) is 0 Å². The Kier molecular flexibility index (Phi) is 2.88. The van der Waals surface area contributed by atoms with Gasteiger partial charge in [0, 0.05) is 15.4 Å². The van der Waals surface area contributed by atoms with Crippen LogP contribution in [0, 0.1) is 0 Å². The zero-order valence-electron chi connectivity index (χ0n) is 12.9. The molecule has 2 aliphatic rings. The first-order valence-corrected chi connectivity index (χ1v) is 8.64. The highest BCUT2D eigenvalue weighted by atomic mass is 32.2. The van der Waals surface area contributed by atoms with E-state index >= 15 is 0 Å². The molecule has 0 bridgehead atoms. The highest BCUT2D eigenvalue weighted by Gasteiger charge is 2.28. The molecule has 0 atom stereocenters. The molecule has 1 aliphatic heterocycles. The molecule has 3 nitrogen and oxygen atoms in total. The van der Waals surface area contributed by atoms with E-state index in [1.54, 1.807) is 17.8 Å². The van der Waals surface area contributed by atoms with Gasteiger partial charge in [-0.2, -0.15) is 0 Å². The SMILES string of the molecule is O=C1C=c2c(ccc3c4c(ccc23)Sc2ccccc2C=4)C(=O)C1=O. The van der Waals surface area contributed by atoms with Crippen LogP contribution in [0.2, 0.25) is 0 Å². The Balaban J connectivity index is 1.91. The van der Waals surface area contributed by atoms with Crippen LogP contribution in [0.3, 0.4) is 0 Å². The highest BCUT2D eigenvalue weighted by Crippen LogP contribution is 2.33. The molecule has 0 radical (unpaired) electrons. The second-order valence-corrected chi connectivity index (χ2v) is 7.13. The first-order chi connectivity index (χ1) is 12.1. The molecular weight excluding hydrogens is 332 g/mol. The van der Waals surface area contributed by atoms with Crippen LogP contribution in [-0.2, 0) is 9.59 Å². The molecule has 1 aliphatic carbocycles. The first kappa shape index (κ1) is 14.4. The Bertz CT molecular complexity index is 1270. The topological polar surface area (TPSA) is 51.2 Å². The molecule has 1 heterocycles. The summed E-state index contributed by atoms with van der Waals surface area (Å²) < 4.78 is 0. The van der Waals surface area contributed by atoms with E-state index in [1.165, 1.54) is 11.0 Å². The Morgan fingerprint density at radius 3 is 2.28 bits per heavy atom. The fraction of sp³-hybridized carbons (Fsp3) is 0.